The Bertz CT molecular complexity index is 148. The van der Waals surface area contributed by atoms with Crippen LogP contribution in [0.25, 0.3) is 0 Å². The molecule has 2 atom stereocenters. The minimum atomic E-state index is -0.869. The Labute approximate surface area is 82.4 Å². The van der Waals surface area contributed by atoms with Gasteiger partial charge in [0.1, 0.15) is 12.2 Å². The van der Waals surface area contributed by atoms with Crippen LogP contribution in [0, 0.1) is 0 Å². The Morgan fingerprint density at radius 1 is 1.07 bits per heavy atom. The minimum absolute atomic E-state index is 0.145. The second kappa shape index (κ2) is 7.53. The van der Waals surface area contributed by atoms with Crippen molar-refractivity contribution in [1.82, 2.24) is 0 Å². The van der Waals surface area contributed by atoms with Crippen molar-refractivity contribution in [3.8, 4) is 0 Å². The van der Waals surface area contributed by atoms with Crippen molar-refractivity contribution >= 4 is 6.16 Å². The molecule has 0 aliphatic rings. The number of hydrogen-bond acceptors (Lipinski definition) is 3. The van der Waals surface area contributed by atoms with E-state index < -0.39 is 31.7 Å². The summed E-state index contributed by atoms with van der Waals surface area (Å²) in [6, 6.07) is 0. The van der Waals surface area contributed by atoms with Crippen LogP contribution in [0.1, 0.15) is 26.7 Å². The van der Waals surface area contributed by atoms with Crippen LogP contribution in [0.4, 0.5) is 13.6 Å². The van der Waals surface area contributed by atoms with Crippen LogP contribution < -0.4 is 0 Å². The molecule has 5 heteroatoms. The summed E-state index contributed by atoms with van der Waals surface area (Å²) in [7, 11) is 0. The first kappa shape index (κ1) is 13.1. The molecule has 0 aliphatic carbocycles. The van der Waals surface area contributed by atoms with Gasteiger partial charge in [0.25, 0.3) is 0 Å². The zero-order chi connectivity index (χ0) is 11.0. The van der Waals surface area contributed by atoms with Crippen molar-refractivity contribution < 1.29 is 23.0 Å². The number of carbonyl (C=O) groups excluding carboxylic acids is 1. The molecule has 14 heavy (non-hydrogen) atoms. The van der Waals surface area contributed by atoms with Crippen molar-refractivity contribution in [1.29, 1.82) is 0 Å². The maximum Gasteiger partial charge on any atom is 0.508 e. The molecule has 0 saturated heterocycles. The van der Waals surface area contributed by atoms with E-state index in [0.29, 0.717) is 0 Å². The number of ether oxygens (including phenoxy) is 2. The molecule has 0 N–H and O–H groups in total. The van der Waals surface area contributed by atoms with Gasteiger partial charge in [0.2, 0.25) is 0 Å². The van der Waals surface area contributed by atoms with Crippen LogP contribution in [0.15, 0.2) is 0 Å². The van der Waals surface area contributed by atoms with Crippen LogP contribution in [0.3, 0.4) is 0 Å². The number of hydrogen-bond donors (Lipinski definition) is 0. The van der Waals surface area contributed by atoms with E-state index in [-0.39, 0.29) is 12.8 Å². The molecule has 0 fully saturated rings. The average Bonchev–Trinajstić information content (AvgIpc) is 2.03. The quantitative estimate of drug-likeness (QED) is 0.632. The van der Waals surface area contributed by atoms with Crippen LogP contribution in [0.5, 0.6) is 0 Å². The largest absolute Gasteiger partial charge is 0.508 e. The first-order chi connectivity index (χ1) is 6.60. The fourth-order valence-corrected chi connectivity index (χ4v) is 0.781. The SMILES string of the molecule is CC(CCF)OC(=O)OC(C)CCF. The zero-order valence-corrected chi connectivity index (χ0v) is 8.46. The second-order valence-electron chi connectivity index (χ2n) is 3.06. The van der Waals surface area contributed by atoms with Crippen LogP contribution in [-0.4, -0.2) is 31.7 Å². The minimum Gasteiger partial charge on any atom is -0.431 e. The van der Waals surface area contributed by atoms with E-state index in [1.807, 2.05) is 0 Å². The van der Waals surface area contributed by atoms with E-state index in [4.69, 9.17) is 0 Å². The molecular formula is C9H16F2O3. The van der Waals surface area contributed by atoms with Gasteiger partial charge in [0, 0.05) is 12.8 Å². The summed E-state index contributed by atoms with van der Waals surface area (Å²) >= 11 is 0. The number of halogens is 2. The molecule has 0 bridgehead atoms. The monoisotopic (exact) mass is 210 g/mol. The molecule has 0 rings (SSSR count). The van der Waals surface area contributed by atoms with E-state index in [1.165, 1.54) is 0 Å². The molecule has 84 valence electrons. The van der Waals surface area contributed by atoms with Crippen LogP contribution in [0.2, 0.25) is 0 Å². The molecule has 0 aromatic rings. The van der Waals surface area contributed by atoms with Gasteiger partial charge in [0.05, 0.1) is 13.3 Å². The molecule has 0 saturated carbocycles. The van der Waals surface area contributed by atoms with E-state index in [0.717, 1.165) is 0 Å². The van der Waals surface area contributed by atoms with Crippen molar-refractivity contribution in [2.24, 2.45) is 0 Å². The highest BCUT2D eigenvalue weighted by molar-refractivity contribution is 5.60. The lowest BCUT2D eigenvalue weighted by molar-refractivity contribution is 0.00128. The standard InChI is InChI=1S/C9H16F2O3/c1-7(3-5-10)13-9(12)14-8(2)4-6-11/h7-8H,3-6H2,1-2H3. The predicted molar refractivity (Wildman–Crippen MR) is 47.7 cm³/mol. The lowest BCUT2D eigenvalue weighted by Gasteiger charge is -2.14. The molecule has 0 radical (unpaired) electrons. The van der Waals surface area contributed by atoms with Gasteiger partial charge in [-0.05, 0) is 13.8 Å². The fourth-order valence-electron chi connectivity index (χ4n) is 0.781. The van der Waals surface area contributed by atoms with Gasteiger partial charge in [-0.3, -0.25) is 8.78 Å². The molecule has 0 heterocycles. The Hall–Kier alpha value is -0.870. The van der Waals surface area contributed by atoms with E-state index in [1.54, 1.807) is 13.8 Å². The van der Waals surface area contributed by atoms with Crippen LogP contribution in [-0.2, 0) is 9.47 Å². The Kier molecular flexibility index (Phi) is 7.06. The third-order valence-corrected chi connectivity index (χ3v) is 1.63. The molecule has 0 amide bonds. The Morgan fingerprint density at radius 2 is 1.43 bits per heavy atom. The van der Waals surface area contributed by atoms with Gasteiger partial charge in [0.15, 0.2) is 0 Å². The molecule has 0 aliphatic heterocycles. The first-order valence-corrected chi connectivity index (χ1v) is 4.59. The van der Waals surface area contributed by atoms with Crippen molar-refractivity contribution in [3.63, 3.8) is 0 Å². The number of rotatable bonds is 6. The van der Waals surface area contributed by atoms with Gasteiger partial charge in [-0.1, -0.05) is 0 Å². The van der Waals surface area contributed by atoms with Gasteiger partial charge >= 0.3 is 6.16 Å². The Morgan fingerprint density at radius 3 is 1.71 bits per heavy atom. The molecule has 0 aromatic heterocycles. The summed E-state index contributed by atoms with van der Waals surface area (Å²) in [4.78, 5) is 10.9. The summed E-state index contributed by atoms with van der Waals surface area (Å²) in [5.41, 5.74) is 0. The van der Waals surface area contributed by atoms with Crippen molar-refractivity contribution in [2.75, 3.05) is 13.3 Å². The summed E-state index contributed by atoms with van der Waals surface area (Å²) in [5.74, 6) is 0. The van der Waals surface area contributed by atoms with Crippen LogP contribution >= 0.6 is 0 Å². The smallest absolute Gasteiger partial charge is 0.431 e. The van der Waals surface area contributed by atoms with E-state index in [2.05, 4.69) is 9.47 Å². The van der Waals surface area contributed by atoms with Crippen molar-refractivity contribution in [2.45, 2.75) is 38.9 Å². The highest BCUT2D eigenvalue weighted by atomic mass is 19.1. The predicted octanol–water partition coefficient (Wildman–Crippen LogP) is 2.64. The average molecular weight is 210 g/mol. The van der Waals surface area contributed by atoms with Crippen molar-refractivity contribution in [3.05, 3.63) is 0 Å². The van der Waals surface area contributed by atoms with Gasteiger partial charge in [-0.2, -0.15) is 0 Å². The summed E-state index contributed by atoms with van der Waals surface area (Å²) < 4.78 is 33.0. The molecule has 2 unspecified atom stereocenters. The molecular weight excluding hydrogens is 194 g/mol. The van der Waals surface area contributed by atoms with Gasteiger partial charge in [-0.25, -0.2) is 4.79 Å². The third kappa shape index (κ3) is 6.62. The van der Waals surface area contributed by atoms with E-state index >= 15 is 0 Å². The fraction of sp³-hybridized carbons (Fsp3) is 0.889. The van der Waals surface area contributed by atoms with Gasteiger partial charge in [-0.15, -0.1) is 0 Å². The second-order valence-corrected chi connectivity index (χ2v) is 3.06. The molecule has 0 spiro atoms. The van der Waals surface area contributed by atoms with E-state index in [9.17, 15) is 13.6 Å². The summed E-state index contributed by atoms with van der Waals surface area (Å²) in [6.07, 6.45) is -1.60. The summed E-state index contributed by atoms with van der Waals surface area (Å²) in [5, 5.41) is 0. The Balaban J connectivity index is 3.63. The normalized spacial score (nSPS) is 14.6. The highest BCUT2D eigenvalue weighted by Crippen LogP contribution is 2.04. The lowest BCUT2D eigenvalue weighted by Crippen LogP contribution is -2.21. The lowest BCUT2D eigenvalue weighted by atomic mass is 10.3. The maximum atomic E-state index is 11.8. The highest BCUT2D eigenvalue weighted by Gasteiger charge is 2.13. The molecule has 3 nitrogen and oxygen atoms in total. The first-order valence-electron chi connectivity index (χ1n) is 4.59. The van der Waals surface area contributed by atoms with Gasteiger partial charge < -0.3 is 9.47 Å². The number of alkyl halides is 2. The summed E-state index contributed by atoms with van der Waals surface area (Å²) in [6.45, 7) is 2.05. The zero-order valence-electron chi connectivity index (χ0n) is 8.46. The topological polar surface area (TPSA) is 35.5 Å². The maximum absolute atomic E-state index is 11.8. The number of carbonyl (C=O) groups is 1. The third-order valence-electron chi connectivity index (χ3n) is 1.63. The molecule has 0 aromatic carbocycles.